The maximum absolute atomic E-state index is 4.74. The molecule has 3 heterocycles. The molecule has 1 aliphatic heterocycles. The Morgan fingerprint density at radius 2 is 2.00 bits per heavy atom. The minimum atomic E-state index is 0.588. The summed E-state index contributed by atoms with van der Waals surface area (Å²) < 4.78 is 2.16. The van der Waals surface area contributed by atoms with Crippen LogP contribution in [-0.4, -0.2) is 39.6 Å². The Kier molecular flexibility index (Phi) is 2.59. The van der Waals surface area contributed by atoms with E-state index >= 15 is 0 Å². The molecule has 0 bridgehead atoms. The fraction of sp³-hybridized carbons (Fsp3) is 0.538. The average molecular weight is 230 g/mol. The van der Waals surface area contributed by atoms with Crippen molar-refractivity contribution in [3.63, 3.8) is 0 Å². The maximum atomic E-state index is 4.74. The second kappa shape index (κ2) is 4.11. The molecular formula is C13H18N4. The van der Waals surface area contributed by atoms with Gasteiger partial charge in [-0.25, -0.2) is 9.97 Å². The van der Waals surface area contributed by atoms with Crippen molar-refractivity contribution in [1.29, 1.82) is 0 Å². The highest BCUT2D eigenvalue weighted by Crippen LogP contribution is 2.28. The molecule has 0 aromatic carbocycles. The summed E-state index contributed by atoms with van der Waals surface area (Å²) in [6, 6.07) is 3.99. The summed E-state index contributed by atoms with van der Waals surface area (Å²) in [5.74, 6) is 1.79. The van der Waals surface area contributed by atoms with Gasteiger partial charge in [0.15, 0.2) is 5.65 Å². The van der Waals surface area contributed by atoms with Crippen molar-refractivity contribution in [2.24, 2.45) is 7.05 Å². The van der Waals surface area contributed by atoms with Gasteiger partial charge in [-0.15, -0.1) is 0 Å². The normalized spacial score (nSPS) is 18.9. The molecule has 90 valence electrons. The van der Waals surface area contributed by atoms with Gasteiger partial charge in [-0.1, -0.05) is 0 Å². The molecule has 0 atom stereocenters. The fourth-order valence-electron chi connectivity index (χ4n) is 2.67. The Bertz CT molecular complexity index is 523. The first-order chi connectivity index (χ1) is 8.25. The van der Waals surface area contributed by atoms with E-state index in [0.29, 0.717) is 5.92 Å². The first-order valence-electron chi connectivity index (χ1n) is 6.21. The molecule has 17 heavy (non-hydrogen) atoms. The van der Waals surface area contributed by atoms with Crippen LogP contribution >= 0.6 is 0 Å². The third-order valence-corrected chi connectivity index (χ3v) is 3.75. The van der Waals surface area contributed by atoms with Crippen molar-refractivity contribution >= 4 is 11.2 Å². The molecule has 0 radical (unpaired) electrons. The molecule has 0 spiro atoms. The molecule has 1 aliphatic rings. The molecule has 2 aromatic rings. The monoisotopic (exact) mass is 230 g/mol. The predicted molar refractivity (Wildman–Crippen MR) is 68.0 cm³/mol. The van der Waals surface area contributed by atoms with Crippen LogP contribution in [0.15, 0.2) is 18.3 Å². The first-order valence-corrected chi connectivity index (χ1v) is 6.21. The number of pyridine rings is 1. The molecule has 4 heteroatoms. The Labute approximate surface area is 101 Å². The first kappa shape index (κ1) is 10.7. The van der Waals surface area contributed by atoms with Crippen LogP contribution in [0.2, 0.25) is 0 Å². The van der Waals surface area contributed by atoms with Gasteiger partial charge in [-0.2, -0.15) is 0 Å². The van der Waals surface area contributed by atoms with Gasteiger partial charge in [0.05, 0.1) is 0 Å². The molecule has 1 fully saturated rings. The van der Waals surface area contributed by atoms with Gasteiger partial charge in [0.25, 0.3) is 0 Å². The number of rotatable bonds is 1. The molecule has 2 aromatic heterocycles. The summed E-state index contributed by atoms with van der Waals surface area (Å²) in [5.41, 5.74) is 2.02. The summed E-state index contributed by atoms with van der Waals surface area (Å²) >= 11 is 0. The second-order valence-corrected chi connectivity index (χ2v) is 4.95. The zero-order valence-electron chi connectivity index (χ0n) is 10.4. The molecule has 0 saturated carbocycles. The molecule has 4 nitrogen and oxygen atoms in total. The second-order valence-electron chi connectivity index (χ2n) is 4.95. The number of hydrogen-bond acceptors (Lipinski definition) is 3. The Balaban J connectivity index is 1.97. The third-order valence-electron chi connectivity index (χ3n) is 3.75. The third kappa shape index (κ3) is 1.82. The lowest BCUT2D eigenvalue weighted by molar-refractivity contribution is 0.250. The lowest BCUT2D eigenvalue weighted by Gasteiger charge is -2.28. The summed E-state index contributed by atoms with van der Waals surface area (Å²) in [4.78, 5) is 11.5. The van der Waals surface area contributed by atoms with E-state index in [1.165, 1.54) is 31.8 Å². The molecule has 0 N–H and O–H groups in total. The van der Waals surface area contributed by atoms with E-state index in [1.54, 1.807) is 0 Å². The van der Waals surface area contributed by atoms with Crippen molar-refractivity contribution in [3.8, 4) is 0 Å². The van der Waals surface area contributed by atoms with Crippen molar-refractivity contribution in [2.75, 3.05) is 20.1 Å². The van der Waals surface area contributed by atoms with E-state index < -0.39 is 0 Å². The van der Waals surface area contributed by atoms with Crippen LogP contribution in [0.4, 0.5) is 0 Å². The number of hydrogen-bond donors (Lipinski definition) is 0. The topological polar surface area (TPSA) is 34.0 Å². The van der Waals surface area contributed by atoms with Gasteiger partial charge in [0.2, 0.25) is 0 Å². The predicted octanol–water partition coefficient (Wildman–Crippen LogP) is 1.78. The number of piperidine rings is 1. The van der Waals surface area contributed by atoms with Crippen LogP contribution in [0.5, 0.6) is 0 Å². The molecule has 0 aliphatic carbocycles. The van der Waals surface area contributed by atoms with Gasteiger partial charge in [-0.3, -0.25) is 0 Å². The summed E-state index contributed by atoms with van der Waals surface area (Å²) in [6.07, 6.45) is 4.24. The highest BCUT2D eigenvalue weighted by Gasteiger charge is 2.23. The van der Waals surface area contributed by atoms with Crippen molar-refractivity contribution < 1.29 is 0 Å². The summed E-state index contributed by atoms with van der Waals surface area (Å²) in [7, 11) is 4.27. The van der Waals surface area contributed by atoms with Crippen LogP contribution in [0.3, 0.4) is 0 Å². The zero-order valence-corrected chi connectivity index (χ0v) is 10.4. The fourth-order valence-corrected chi connectivity index (χ4v) is 2.67. The summed E-state index contributed by atoms with van der Waals surface area (Å²) in [5, 5.41) is 0. The van der Waals surface area contributed by atoms with Gasteiger partial charge >= 0.3 is 0 Å². The van der Waals surface area contributed by atoms with E-state index in [4.69, 9.17) is 4.98 Å². The van der Waals surface area contributed by atoms with Crippen LogP contribution in [0.1, 0.15) is 24.6 Å². The van der Waals surface area contributed by atoms with Gasteiger partial charge in [0.1, 0.15) is 11.3 Å². The molecule has 0 unspecified atom stereocenters. The van der Waals surface area contributed by atoms with Gasteiger partial charge in [0, 0.05) is 19.2 Å². The van der Waals surface area contributed by atoms with Crippen LogP contribution in [0, 0.1) is 0 Å². The van der Waals surface area contributed by atoms with Crippen molar-refractivity contribution in [1.82, 2.24) is 19.4 Å². The van der Waals surface area contributed by atoms with Crippen molar-refractivity contribution in [2.45, 2.75) is 18.8 Å². The van der Waals surface area contributed by atoms with E-state index in [9.17, 15) is 0 Å². The minimum Gasteiger partial charge on any atom is -0.316 e. The Morgan fingerprint density at radius 1 is 1.24 bits per heavy atom. The minimum absolute atomic E-state index is 0.588. The van der Waals surface area contributed by atoms with E-state index in [2.05, 4.69) is 28.5 Å². The van der Waals surface area contributed by atoms with Crippen molar-refractivity contribution in [3.05, 3.63) is 24.2 Å². The molecule has 3 rings (SSSR count). The number of aromatic nitrogens is 3. The number of fused-ring (bicyclic) bond motifs is 1. The quantitative estimate of drug-likeness (QED) is 0.749. The number of likely N-dealkylation sites (tertiary alicyclic amines) is 1. The number of imidazole rings is 1. The highest BCUT2D eigenvalue weighted by atomic mass is 15.1. The average Bonchev–Trinajstić information content (AvgIpc) is 2.69. The highest BCUT2D eigenvalue weighted by molar-refractivity contribution is 5.71. The standard InChI is InChI=1S/C13H18N4/c1-16-8-5-10(6-9-16)12-15-11-4-3-7-14-13(11)17(12)2/h3-4,7,10H,5-6,8-9H2,1-2H3. The molecular weight excluding hydrogens is 212 g/mol. The van der Waals surface area contributed by atoms with Crippen LogP contribution in [0.25, 0.3) is 11.2 Å². The lowest BCUT2D eigenvalue weighted by Crippen LogP contribution is -2.30. The molecule has 1 saturated heterocycles. The lowest BCUT2D eigenvalue weighted by atomic mass is 9.96. The SMILES string of the molecule is CN1CCC(c2nc3cccnc3n2C)CC1. The van der Waals surface area contributed by atoms with E-state index in [-0.39, 0.29) is 0 Å². The summed E-state index contributed by atoms with van der Waals surface area (Å²) in [6.45, 7) is 2.34. The van der Waals surface area contributed by atoms with Gasteiger partial charge < -0.3 is 9.47 Å². The zero-order chi connectivity index (χ0) is 11.8. The number of nitrogens with zero attached hydrogens (tertiary/aromatic N) is 4. The van der Waals surface area contributed by atoms with E-state index in [1.807, 2.05) is 18.3 Å². The smallest absolute Gasteiger partial charge is 0.159 e. The van der Waals surface area contributed by atoms with Gasteiger partial charge in [-0.05, 0) is 45.1 Å². The molecule has 0 amide bonds. The Morgan fingerprint density at radius 3 is 2.71 bits per heavy atom. The van der Waals surface area contributed by atoms with E-state index in [0.717, 1.165) is 11.2 Å². The number of aryl methyl sites for hydroxylation is 1. The van der Waals surface area contributed by atoms with Crippen LogP contribution < -0.4 is 0 Å². The maximum Gasteiger partial charge on any atom is 0.159 e. The van der Waals surface area contributed by atoms with Crippen LogP contribution in [-0.2, 0) is 7.05 Å². The largest absolute Gasteiger partial charge is 0.316 e. The Hall–Kier alpha value is -1.42.